The molecule has 1 aliphatic heterocycles. The first-order chi connectivity index (χ1) is 16.5. The first-order valence-corrected chi connectivity index (χ1v) is 12.2. The number of anilines is 1. The second-order valence-corrected chi connectivity index (χ2v) is 8.71. The first-order valence-electron chi connectivity index (χ1n) is 11.3. The second kappa shape index (κ2) is 10.1. The summed E-state index contributed by atoms with van der Waals surface area (Å²) in [7, 11) is 0. The molecule has 1 unspecified atom stereocenters. The van der Waals surface area contributed by atoms with E-state index in [1.165, 1.54) is 16.2 Å². The van der Waals surface area contributed by atoms with Gasteiger partial charge in [-0.05, 0) is 61.5 Å². The maximum Gasteiger partial charge on any atom is 0.300 e. The van der Waals surface area contributed by atoms with Gasteiger partial charge in [0.05, 0.1) is 24.4 Å². The summed E-state index contributed by atoms with van der Waals surface area (Å²) in [4.78, 5) is 28.8. The molecule has 34 heavy (non-hydrogen) atoms. The van der Waals surface area contributed by atoms with Crippen LogP contribution in [-0.4, -0.2) is 30.0 Å². The highest BCUT2D eigenvalue weighted by Gasteiger charge is 2.47. The van der Waals surface area contributed by atoms with Gasteiger partial charge in [0.25, 0.3) is 11.7 Å². The van der Waals surface area contributed by atoms with E-state index in [0.717, 1.165) is 16.9 Å². The maximum absolute atomic E-state index is 13.3. The number of aryl methyl sites for hydroxylation is 1. The van der Waals surface area contributed by atoms with Crippen LogP contribution in [0.1, 0.15) is 42.8 Å². The number of thiophene rings is 1. The van der Waals surface area contributed by atoms with Crippen LogP contribution in [-0.2, 0) is 16.0 Å². The Morgan fingerprint density at radius 3 is 2.35 bits per heavy atom. The Balaban J connectivity index is 1.88. The SMILES string of the molecule is CCOc1ccc(/C(O)=C2/C(=O)C(=O)N(c3ccc(CC)cc3)C2c2cccs2)c(OCC)c1. The fourth-order valence-corrected chi connectivity index (χ4v) is 4.91. The zero-order valence-electron chi connectivity index (χ0n) is 19.4. The summed E-state index contributed by atoms with van der Waals surface area (Å²) in [6.07, 6.45) is 0.866. The monoisotopic (exact) mass is 477 g/mol. The molecule has 1 fully saturated rings. The smallest absolute Gasteiger partial charge is 0.300 e. The fourth-order valence-electron chi connectivity index (χ4n) is 4.08. The van der Waals surface area contributed by atoms with E-state index in [1.54, 1.807) is 18.2 Å². The minimum Gasteiger partial charge on any atom is -0.507 e. The lowest BCUT2D eigenvalue weighted by Gasteiger charge is -2.24. The minimum atomic E-state index is -0.742. The van der Waals surface area contributed by atoms with Gasteiger partial charge in [-0.2, -0.15) is 0 Å². The number of hydrogen-bond donors (Lipinski definition) is 1. The highest BCUT2D eigenvalue weighted by molar-refractivity contribution is 7.10. The van der Waals surface area contributed by atoms with E-state index in [-0.39, 0.29) is 11.3 Å². The van der Waals surface area contributed by atoms with Crippen LogP contribution in [0.2, 0.25) is 0 Å². The summed E-state index contributed by atoms with van der Waals surface area (Å²) in [5.41, 5.74) is 2.11. The molecule has 0 aliphatic carbocycles. The molecule has 3 aromatic rings. The van der Waals surface area contributed by atoms with Gasteiger partial charge in [-0.25, -0.2) is 0 Å². The Labute approximate surface area is 203 Å². The average Bonchev–Trinajstić information content (AvgIpc) is 3.46. The number of aliphatic hydroxyl groups excluding tert-OH is 1. The summed E-state index contributed by atoms with van der Waals surface area (Å²) < 4.78 is 11.3. The van der Waals surface area contributed by atoms with Crippen molar-refractivity contribution in [3.63, 3.8) is 0 Å². The molecule has 1 saturated heterocycles. The number of nitrogens with zero attached hydrogens (tertiary/aromatic N) is 1. The van der Waals surface area contributed by atoms with Gasteiger partial charge < -0.3 is 14.6 Å². The van der Waals surface area contributed by atoms with Crippen LogP contribution in [0.3, 0.4) is 0 Å². The van der Waals surface area contributed by atoms with Gasteiger partial charge in [0, 0.05) is 16.6 Å². The predicted molar refractivity (Wildman–Crippen MR) is 134 cm³/mol. The van der Waals surface area contributed by atoms with Crippen molar-refractivity contribution >= 4 is 34.5 Å². The highest BCUT2D eigenvalue weighted by atomic mass is 32.1. The molecule has 7 heteroatoms. The van der Waals surface area contributed by atoms with Gasteiger partial charge >= 0.3 is 0 Å². The number of Topliss-reactive ketones (excluding diaryl/α,β-unsaturated/α-hetero) is 1. The van der Waals surface area contributed by atoms with E-state index in [2.05, 4.69) is 6.92 Å². The van der Waals surface area contributed by atoms with E-state index in [0.29, 0.717) is 36.0 Å². The van der Waals surface area contributed by atoms with Gasteiger partial charge in [0.15, 0.2) is 0 Å². The van der Waals surface area contributed by atoms with Gasteiger partial charge in [-0.15, -0.1) is 11.3 Å². The van der Waals surface area contributed by atoms with Crippen LogP contribution in [0.5, 0.6) is 11.5 Å². The van der Waals surface area contributed by atoms with Crippen molar-refractivity contribution in [2.45, 2.75) is 33.2 Å². The Morgan fingerprint density at radius 2 is 1.74 bits per heavy atom. The number of ether oxygens (including phenoxy) is 2. The fraction of sp³-hybridized carbons (Fsp3) is 0.259. The van der Waals surface area contributed by atoms with Crippen LogP contribution >= 0.6 is 11.3 Å². The molecule has 0 radical (unpaired) electrons. The molecule has 176 valence electrons. The first kappa shape index (κ1) is 23.6. The topological polar surface area (TPSA) is 76.1 Å². The molecular weight excluding hydrogens is 450 g/mol. The maximum atomic E-state index is 13.3. The third-order valence-corrected chi connectivity index (χ3v) is 6.62. The normalized spacial score (nSPS) is 17.3. The zero-order valence-corrected chi connectivity index (χ0v) is 20.2. The number of carbonyl (C=O) groups is 2. The van der Waals surface area contributed by atoms with Gasteiger partial charge in [0.1, 0.15) is 23.3 Å². The van der Waals surface area contributed by atoms with E-state index in [4.69, 9.17) is 9.47 Å². The molecule has 1 aliphatic rings. The standard InChI is InChI=1S/C27H27NO5S/c1-4-17-9-11-18(12-10-17)28-24(22-8-7-15-34-22)23(26(30)27(28)31)25(29)20-14-13-19(32-5-2)16-21(20)33-6-3/h7-16,24,29H,4-6H2,1-3H3/b25-23-. The molecule has 1 amide bonds. The molecule has 0 spiro atoms. The van der Waals surface area contributed by atoms with E-state index >= 15 is 0 Å². The van der Waals surface area contributed by atoms with Gasteiger partial charge in [-0.1, -0.05) is 25.1 Å². The Bertz CT molecular complexity index is 1210. The molecule has 1 atom stereocenters. The van der Waals surface area contributed by atoms with Crippen LogP contribution in [0.4, 0.5) is 5.69 Å². The molecule has 6 nitrogen and oxygen atoms in total. The average molecular weight is 478 g/mol. The van der Waals surface area contributed by atoms with Gasteiger partial charge in [-0.3, -0.25) is 14.5 Å². The summed E-state index contributed by atoms with van der Waals surface area (Å²) in [6.45, 7) is 6.62. The van der Waals surface area contributed by atoms with E-state index in [1.807, 2.05) is 55.6 Å². The lowest BCUT2D eigenvalue weighted by molar-refractivity contribution is -0.132. The molecule has 2 heterocycles. The van der Waals surface area contributed by atoms with Crippen molar-refractivity contribution in [1.82, 2.24) is 0 Å². The lowest BCUT2D eigenvalue weighted by Crippen LogP contribution is -2.29. The molecular formula is C27H27NO5S. The largest absolute Gasteiger partial charge is 0.507 e. The molecule has 2 aromatic carbocycles. The minimum absolute atomic E-state index is 0.0390. The van der Waals surface area contributed by atoms with Crippen molar-refractivity contribution < 1.29 is 24.2 Å². The number of aliphatic hydroxyl groups is 1. The number of ketones is 1. The van der Waals surface area contributed by atoms with E-state index in [9.17, 15) is 14.7 Å². The lowest BCUT2D eigenvalue weighted by atomic mass is 9.99. The molecule has 1 aromatic heterocycles. The van der Waals surface area contributed by atoms with Crippen molar-refractivity contribution in [1.29, 1.82) is 0 Å². The van der Waals surface area contributed by atoms with Crippen molar-refractivity contribution in [3.8, 4) is 11.5 Å². The van der Waals surface area contributed by atoms with Crippen LogP contribution in [0.25, 0.3) is 5.76 Å². The Hall–Kier alpha value is -3.58. The number of hydrogen-bond acceptors (Lipinski definition) is 6. The van der Waals surface area contributed by atoms with Crippen LogP contribution in [0, 0.1) is 0 Å². The molecule has 4 rings (SSSR count). The summed E-state index contributed by atoms with van der Waals surface area (Å²) in [5.74, 6) is -0.695. The summed E-state index contributed by atoms with van der Waals surface area (Å²) in [6, 6.07) is 15.6. The van der Waals surface area contributed by atoms with Gasteiger partial charge in [0.2, 0.25) is 0 Å². The summed E-state index contributed by atoms with van der Waals surface area (Å²) in [5, 5.41) is 13.3. The number of carbonyl (C=O) groups excluding carboxylic acids is 2. The molecule has 0 saturated carbocycles. The van der Waals surface area contributed by atoms with Crippen molar-refractivity contribution in [2.24, 2.45) is 0 Å². The Kier molecular flexibility index (Phi) is 7.03. The zero-order chi connectivity index (χ0) is 24.2. The molecule has 0 bridgehead atoms. The Morgan fingerprint density at radius 1 is 1.00 bits per heavy atom. The number of rotatable bonds is 8. The van der Waals surface area contributed by atoms with Crippen LogP contribution < -0.4 is 14.4 Å². The van der Waals surface area contributed by atoms with Crippen LogP contribution in [0.15, 0.2) is 65.6 Å². The van der Waals surface area contributed by atoms with Crippen molar-refractivity contribution in [3.05, 3.63) is 81.6 Å². The predicted octanol–water partition coefficient (Wildman–Crippen LogP) is 5.73. The quantitative estimate of drug-likeness (QED) is 0.255. The summed E-state index contributed by atoms with van der Waals surface area (Å²) >= 11 is 1.43. The molecule has 1 N–H and O–H groups in total. The number of benzene rings is 2. The van der Waals surface area contributed by atoms with E-state index < -0.39 is 17.7 Å². The third kappa shape index (κ3) is 4.31. The third-order valence-electron chi connectivity index (χ3n) is 5.70. The highest BCUT2D eigenvalue weighted by Crippen LogP contribution is 2.44. The second-order valence-electron chi connectivity index (χ2n) is 7.73. The van der Waals surface area contributed by atoms with Crippen molar-refractivity contribution in [2.75, 3.05) is 18.1 Å². The number of amides is 1.